The van der Waals surface area contributed by atoms with E-state index >= 15 is 0 Å². The Labute approximate surface area is 128 Å². The van der Waals surface area contributed by atoms with E-state index in [4.69, 9.17) is 9.05 Å². The molecule has 1 aliphatic rings. The summed E-state index contributed by atoms with van der Waals surface area (Å²) >= 11 is 0. The van der Waals surface area contributed by atoms with Crippen LogP contribution in [0.25, 0.3) is 0 Å². The minimum atomic E-state index is -3.28. The molecule has 1 atom stereocenters. The molecule has 122 valence electrons. The Balaban J connectivity index is 3.09. The number of rotatable bonds is 9. The zero-order valence-corrected chi connectivity index (χ0v) is 14.4. The summed E-state index contributed by atoms with van der Waals surface area (Å²) in [5, 5.41) is 10.9. The fourth-order valence-corrected chi connectivity index (χ4v) is 4.22. The molecule has 0 bridgehead atoms. The summed E-state index contributed by atoms with van der Waals surface area (Å²) in [4.78, 5) is 0. The molecule has 0 amide bonds. The predicted octanol–water partition coefficient (Wildman–Crippen LogP) is 4.80. The number of hydrogen-bond donors (Lipinski definition) is 1. The molecule has 4 nitrogen and oxygen atoms in total. The Kier molecular flexibility index (Phi) is 7.89. The highest BCUT2D eigenvalue weighted by Gasteiger charge is 2.33. The van der Waals surface area contributed by atoms with E-state index in [9.17, 15) is 9.67 Å². The topological polar surface area (TPSA) is 55.8 Å². The van der Waals surface area contributed by atoms with Crippen molar-refractivity contribution >= 4 is 7.60 Å². The van der Waals surface area contributed by atoms with Crippen LogP contribution in [0.3, 0.4) is 0 Å². The Hall–Kier alpha value is -0.410. The van der Waals surface area contributed by atoms with Crippen LogP contribution in [0.1, 0.15) is 59.3 Å². The summed E-state index contributed by atoms with van der Waals surface area (Å²) in [6.45, 7) is 6.33. The van der Waals surface area contributed by atoms with Crippen molar-refractivity contribution in [3.63, 3.8) is 0 Å². The summed E-state index contributed by atoms with van der Waals surface area (Å²) in [6.07, 6.45) is 9.08. The van der Waals surface area contributed by atoms with Crippen molar-refractivity contribution in [2.45, 2.75) is 64.9 Å². The smallest absolute Gasteiger partial charge is 0.354 e. The first-order valence-electron chi connectivity index (χ1n) is 8.00. The second-order valence-electron chi connectivity index (χ2n) is 5.35. The van der Waals surface area contributed by atoms with Crippen molar-refractivity contribution in [3.05, 3.63) is 23.5 Å². The SMILES string of the molecule is CCCC/C(=C\P(=O)(OCC)OCC)C1(O)C=CCCC1. The van der Waals surface area contributed by atoms with Gasteiger partial charge in [-0.2, -0.15) is 0 Å². The zero-order valence-electron chi connectivity index (χ0n) is 13.5. The molecule has 5 heteroatoms. The highest BCUT2D eigenvalue weighted by molar-refractivity contribution is 7.57. The lowest BCUT2D eigenvalue weighted by Crippen LogP contribution is -2.30. The van der Waals surface area contributed by atoms with Gasteiger partial charge >= 0.3 is 7.60 Å². The zero-order chi connectivity index (χ0) is 15.8. The highest BCUT2D eigenvalue weighted by Crippen LogP contribution is 2.52. The van der Waals surface area contributed by atoms with Gasteiger partial charge in [-0.15, -0.1) is 0 Å². The van der Waals surface area contributed by atoms with Crippen molar-refractivity contribution in [3.8, 4) is 0 Å². The average molecular weight is 316 g/mol. The van der Waals surface area contributed by atoms with Gasteiger partial charge in [0.05, 0.1) is 13.2 Å². The lowest BCUT2D eigenvalue weighted by atomic mass is 9.83. The first kappa shape index (κ1) is 18.6. The molecule has 0 aromatic carbocycles. The van der Waals surface area contributed by atoms with Gasteiger partial charge in [0.15, 0.2) is 0 Å². The van der Waals surface area contributed by atoms with Gasteiger partial charge < -0.3 is 14.2 Å². The Morgan fingerprint density at radius 3 is 2.48 bits per heavy atom. The van der Waals surface area contributed by atoms with Crippen LogP contribution in [0.2, 0.25) is 0 Å². The van der Waals surface area contributed by atoms with Gasteiger partial charge in [0.2, 0.25) is 0 Å². The van der Waals surface area contributed by atoms with E-state index in [0.29, 0.717) is 26.1 Å². The summed E-state index contributed by atoms with van der Waals surface area (Å²) < 4.78 is 23.4. The number of unbranched alkanes of at least 4 members (excludes halogenated alkanes) is 1. The maximum Gasteiger partial charge on any atom is 0.354 e. The molecule has 0 aromatic heterocycles. The maximum atomic E-state index is 12.7. The Morgan fingerprint density at radius 2 is 2.00 bits per heavy atom. The van der Waals surface area contributed by atoms with Gasteiger partial charge in [-0.05, 0) is 51.5 Å². The van der Waals surface area contributed by atoms with Crippen LogP contribution in [-0.2, 0) is 13.6 Å². The van der Waals surface area contributed by atoms with Crippen LogP contribution in [-0.4, -0.2) is 23.9 Å². The quantitative estimate of drug-likeness (QED) is 0.490. The first-order chi connectivity index (χ1) is 9.99. The Bertz CT molecular complexity index is 407. The second-order valence-corrected chi connectivity index (χ2v) is 7.21. The van der Waals surface area contributed by atoms with Crippen molar-refractivity contribution in [1.82, 2.24) is 0 Å². The van der Waals surface area contributed by atoms with E-state index in [1.807, 2.05) is 12.2 Å². The van der Waals surface area contributed by atoms with E-state index in [0.717, 1.165) is 31.3 Å². The molecule has 21 heavy (non-hydrogen) atoms. The van der Waals surface area contributed by atoms with Crippen LogP contribution in [0.4, 0.5) is 0 Å². The third-order valence-corrected chi connectivity index (χ3v) is 5.47. The first-order valence-corrected chi connectivity index (χ1v) is 9.62. The molecule has 0 aliphatic heterocycles. The lowest BCUT2D eigenvalue weighted by Gasteiger charge is -2.31. The fourth-order valence-electron chi connectivity index (χ4n) is 2.54. The molecular weight excluding hydrogens is 287 g/mol. The molecule has 0 saturated carbocycles. The monoisotopic (exact) mass is 316 g/mol. The number of allylic oxidation sites excluding steroid dienone is 1. The molecule has 1 aliphatic carbocycles. The summed E-state index contributed by atoms with van der Waals surface area (Å²) in [5.41, 5.74) is -0.234. The molecular formula is C16H29O4P. The summed E-state index contributed by atoms with van der Waals surface area (Å²) in [5.74, 6) is 1.56. The lowest BCUT2D eigenvalue weighted by molar-refractivity contribution is 0.108. The second kappa shape index (κ2) is 8.89. The molecule has 0 aromatic rings. The Morgan fingerprint density at radius 1 is 1.33 bits per heavy atom. The van der Waals surface area contributed by atoms with Gasteiger partial charge in [-0.1, -0.05) is 25.5 Å². The van der Waals surface area contributed by atoms with Crippen molar-refractivity contribution in [2.75, 3.05) is 13.2 Å². The van der Waals surface area contributed by atoms with E-state index < -0.39 is 13.2 Å². The molecule has 1 rings (SSSR count). The van der Waals surface area contributed by atoms with Crippen molar-refractivity contribution < 1.29 is 18.7 Å². The minimum Gasteiger partial charge on any atom is -0.381 e. The van der Waals surface area contributed by atoms with Gasteiger partial charge in [0.1, 0.15) is 5.60 Å². The molecule has 0 heterocycles. The van der Waals surface area contributed by atoms with E-state index in [1.54, 1.807) is 19.7 Å². The third kappa shape index (κ3) is 5.71. The van der Waals surface area contributed by atoms with Crippen LogP contribution < -0.4 is 0 Å². The number of aliphatic hydroxyl groups is 1. The average Bonchev–Trinajstić information content (AvgIpc) is 2.44. The highest BCUT2D eigenvalue weighted by atomic mass is 31.2. The van der Waals surface area contributed by atoms with Gasteiger partial charge in [0, 0.05) is 5.82 Å². The van der Waals surface area contributed by atoms with E-state index in [2.05, 4.69) is 6.92 Å². The summed E-state index contributed by atoms with van der Waals surface area (Å²) in [7, 11) is -3.28. The fraction of sp³-hybridized carbons (Fsp3) is 0.750. The van der Waals surface area contributed by atoms with Gasteiger partial charge in [-0.3, -0.25) is 4.57 Å². The third-order valence-electron chi connectivity index (χ3n) is 3.61. The van der Waals surface area contributed by atoms with Crippen LogP contribution in [0, 0.1) is 0 Å². The molecule has 1 unspecified atom stereocenters. The van der Waals surface area contributed by atoms with Gasteiger partial charge in [0.25, 0.3) is 0 Å². The van der Waals surface area contributed by atoms with Crippen molar-refractivity contribution in [2.24, 2.45) is 0 Å². The van der Waals surface area contributed by atoms with E-state index in [1.165, 1.54) is 0 Å². The normalized spacial score (nSPS) is 23.5. The number of hydrogen-bond acceptors (Lipinski definition) is 4. The predicted molar refractivity (Wildman–Crippen MR) is 86.4 cm³/mol. The van der Waals surface area contributed by atoms with E-state index in [-0.39, 0.29) is 0 Å². The largest absolute Gasteiger partial charge is 0.381 e. The molecule has 0 saturated heterocycles. The standard InChI is InChI=1S/C16H29O4P/c1-4-7-11-15(16(17)12-9-8-10-13-16)14-21(18,19-5-2)20-6-3/h9,12,14,17H,4-8,10-11,13H2,1-3H3/b15-14+. The van der Waals surface area contributed by atoms with Crippen LogP contribution in [0.5, 0.6) is 0 Å². The molecule has 0 spiro atoms. The molecule has 0 fully saturated rings. The molecule has 0 radical (unpaired) electrons. The summed E-state index contributed by atoms with van der Waals surface area (Å²) in [6, 6.07) is 0. The maximum absolute atomic E-state index is 12.7. The van der Waals surface area contributed by atoms with Crippen LogP contribution >= 0.6 is 7.60 Å². The van der Waals surface area contributed by atoms with Crippen molar-refractivity contribution in [1.29, 1.82) is 0 Å². The van der Waals surface area contributed by atoms with Gasteiger partial charge in [-0.25, -0.2) is 0 Å². The molecule has 1 N–H and O–H groups in total. The van der Waals surface area contributed by atoms with Crippen LogP contribution in [0.15, 0.2) is 23.5 Å². The minimum absolute atomic E-state index is 0.323.